The molecule has 2 aromatic carbocycles. The number of pyridine rings is 1. The molecule has 3 aromatic rings. The molecular formula is C17H13Cl2NO3S. The van der Waals surface area contributed by atoms with Crippen molar-refractivity contribution in [2.75, 3.05) is 7.11 Å². The van der Waals surface area contributed by atoms with Gasteiger partial charge in [0.25, 0.3) is 5.56 Å². The second-order valence-electron chi connectivity index (χ2n) is 5.19. The van der Waals surface area contributed by atoms with E-state index in [1.54, 1.807) is 25.4 Å². The van der Waals surface area contributed by atoms with Gasteiger partial charge in [-0.05, 0) is 40.5 Å². The molecule has 0 saturated heterocycles. The van der Waals surface area contributed by atoms with E-state index >= 15 is 0 Å². The summed E-state index contributed by atoms with van der Waals surface area (Å²) in [5.41, 5.74) is 0.722. The summed E-state index contributed by atoms with van der Waals surface area (Å²) in [5.74, 6) is 0.747. The van der Waals surface area contributed by atoms with Crippen LogP contribution in [0.1, 0.15) is 5.56 Å². The second kappa shape index (κ2) is 6.97. The Bertz CT molecular complexity index is 984. The van der Waals surface area contributed by atoms with E-state index in [1.165, 1.54) is 10.6 Å². The molecular weight excluding hydrogens is 369 g/mol. The van der Waals surface area contributed by atoms with Gasteiger partial charge >= 0.3 is 0 Å². The maximum Gasteiger partial charge on any atom is 0.258 e. The summed E-state index contributed by atoms with van der Waals surface area (Å²) < 4.78 is 18.1. The van der Waals surface area contributed by atoms with E-state index in [-0.39, 0.29) is 5.56 Å². The Balaban J connectivity index is 2.08. The lowest BCUT2D eigenvalue weighted by atomic mass is 10.1. The minimum absolute atomic E-state index is 0.214. The smallest absolute Gasteiger partial charge is 0.258 e. The van der Waals surface area contributed by atoms with Gasteiger partial charge in [0.1, 0.15) is 15.8 Å². The van der Waals surface area contributed by atoms with E-state index < -0.39 is 10.0 Å². The number of hydrogen-bond acceptors (Lipinski definition) is 3. The van der Waals surface area contributed by atoms with Crippen LogP contribution in [-0.4, -0.2) is 15.9 Å². The first kappa shape index (κ1) is 17.0. The van der Waals surface area contributed by atoms with Gasteiger partial charge in [-0.25, -0.2) is 4.21 Å². The predicted octanol–water partition coefficient (Wildman–Crippen LogP) is 3.97. The first-order valence-corrected chi connectivity index (χ1v) is 9.38. The molecule has 0 bridgehead atoms. The molecule has 0 aliphatic heterocycles. The number of rotatable bonds is 4. The molecule has 1 heterocycles. The Morgan fingerprint density at radius 3 is 2.46 bits per heavy atom. The topological polar surface area (TPSA) is 48.3 Å². The minimum atomic E-state index is -1.68. The lowest BCUT2D eigenvalue weighted by Crippen LogP contribution is -2.20. The van der Waals surface area contributed by atoms with E-state index in [0.717, 1.165) is 11.3 Å². The number of halogens is 2. The molecule has 0 spiro atoms. The van der Waals surface area contributed by atoms with Crippen molar-refractivity contribution >= 4 is 43.1 Å². The van der Waals surface area contributed by atoms with Crippen LogP contribution in [0, 0.1) is 0 Å². The van der Waals surface area contributed by atoms with Gasteiger partial charge in [-0.1, -0.05) is 29.8 Å². The minimum Gasteiger partial charge on any atom is -0.497 e. The van der Waals surface area contributed by atoms with E-state index in [1.807, 2.05) is 24.3 Å². The van der Waals surface area contributed by atoms with Crippen molar-refractivity contribution < 1.29 is 8.95 Å². The zero-order valence-electron chi connectivity index (χ0n) is 12.7. The third kappa shape index (κ3) is 3.34. The number of methoxy groups -OCH3 is 1. The Morgan fingerprint density at radius 2 is 1.83 bits per heavy atom. The van der Waals surface area contributed by atoms with Gasteiger partial charge in [0.2, 0.25) is 0 Å². The van der Waals surface area contributed by atoms with Gasteiger partial charge < -0.3 is 9.30 Å². The summed E-state index contributed by atoms with van der Waals surface area (Å²) >= 11 is 6.29. The fourth-order valence-corrected chi connectivity index (χ4v) is 3.43. The van der Waals surface area contributed by atoms with E-state index in [9.17, 15) is 9.00 Å². The Hall–Kier alpha value is -1.82. The van der Waals surface area contributed by atoms with Crippen LogP contribution in [0.3, 0.4) is 0 Å². The number of ether oxygens (including phenoxy) is 1. The molecule has 0 N–H and O–H groups in total. The zero-order chi connectivity index (χ0) is 17.3. The second-order valence-corrected chi connectivity index (χ2v) is 7.36. The summed E-state index contributed by atoms with van der Waals surface area (Å²) in [4.78, 5) is 13.1. The summed E-state index contributed by atoms with van der Waals surface area (Å²) in [7, 11) is 5.53. The van der Waals surface area contributed by atoms with Crippen molar-refractivity contribution in [1.29, 1.82) is 0 Å². The van der Waals surface area contributed by atoms with Crippen molar-refractivity contribution in [3.8, 4) is 5.75 Å². The Kier molecular flexibility index (Phi) is 4.94. The van der Waals surface area contributed by atoms with Crippen molar-refractivity contribution in [2.24, 2.45) is 0 Å². The predicted molar refractivity (Wildman–Crippen MR) is 97.6 cm³/mol. The van der Waals surface area contributed by atoms with Crippen LogP contribution in [0.4, 0.5) is 0 Å². The van der Waals surface area contributed by atoms with Crippen molar-refractivity contribution in [3.63, 3.8) is 0 Å². The highest BCUT2D eigenvalue weighted by molar-refractivity contribution is 8.08. The molecule has 0 aliphatic rings. The van der Waals surface area contributed by atoms with Gasteiger partial charge in [0.05, 0.1) is 23.6 Å². The molecule has 1 atom stereocenters. The van der Waals surface area contributed by atoms with Crippen LogP contribution in [0.15, 0.2) is 58.4 Å². The average Bonchev–Trinajstić information content (AvgIpc) is 2.59. The molecule has 7 heteroatoms. The number of nitrogens with zero attached hydrogens (tertiary/aromatic N) is 1. The number of aromatic nitrogens is 1. The van der Waals surface area contributed by atoms with Crippen molar-refractivity contribution in [3.05, 3.63) is 69.6 Å². The van der Waals surface area contributed by atoms with Gasteiger partial charge in [-0.15, -0.1) is 0 Å². The van der Waals surface area contributed by atoms with Crippen LogP contribution < -0.4 is 10.3 Å². The normalized spacial score (nSPS) is 12.3. The van der Waals surface area contributed by atoms with Crippen LogP contribution in [0.5, 0.6) is 5.75 Å². The molecule has 0 saturated carbocycles. The molecule has 124 valence electrons. The van der Waals surface area contributed by atoms with Gasteiger partial charge in [0, 0.05) is 17.0 Å². The molecule has 24 heavy (non-hydrogen) atoms. The number of hydrogen-bond donors (Lipinski definition) is 0. The monoisotopic (exact) mass is 381 g/mol. The standard InChI is InChI=1S/C17H13Cl2NO3S/c1-23-12-4-2-11(3-5-12)9-20-10-16(18)14-7-6-13(24(19)22)8-15(14)17(20)21/h2-8,10H,9H2,1H3. The van der Waals surface area contributed by atoms with Gasteiger partial charge in [0.15, 0.2) is 0 Å². The lowest BCUT2D eigenvalue weighted by molar-refractivity contribution is 0.414. The quantitative estimate of drug-likeness (QED) is 0.642. The summed E-state index contributed by atoms with van der Waals surface area (Å²) in [5, 5.41) is 1.45. The van der Waals surface area contributed by atoms with Crippen LogP contribution >= 0.6 is 22.3 Å². The van der Waals surface area contributed by atoms with Crippen LogP contribution in [0.25, 0.3) is 10.8 Å². The first-order valence-electron chi connectivity index (χ1n) is 7.03. The van der Waals surface area contributed by atoms with Crippen LogP contribution in [0.2, 0.25) is 5.02 Å². The lowest BCUT2D eigenvalue weighted by Gasteiger charge is -2.10. The molecule has 3 rings (SSSR count). The number of fused-ring (bicyclic) bond motifs is 1. The third-order valence-electron chi connectivity index (χ3n) is 3.71. The maximum absolute atomic E-state index is 12.7. The highest BCUT2D eigenvalue weighted by Gasteiger charge is 2.11. The number of benzene rings is 2. The molecule has 0 radical (unpaired) electrons. The Labute approximate surface area is 150 Å². The molecule has 0 fully saturated rings. The third-order valence-corrected chi connectivity index (χ3v) is 5.17. The molecule has 0 amide bonds. The van der Waals surface area contributed by atoms with Crippen molar-refractivity contribution in [2.45, 2.75) is 11.4 Å². The summed E-state index contributed by atoms with van der Waals surface area (Å²) in [6.45, 7) is 0.368. The zero-order valence-corrected chi connectivity index (χ0v) is 15.0. The van der Waals surface area contributed by atoms with E-state index in [0.29, 0.717) is 27.2 Å². The highest BCUT2D eigenvalue weighted by atomic mass is 35.7. The molecule has 1 aromatic heterocycles. The summed E-state index contributed by atoms with van der Waals surface area (Å²) in [6, 6.07) is 12.2. The highest BCUT2D eigenvalue weighted by Crippen LogP contribution is 2.24. The van der Waals surface area contributed by atoms with Crippen molar-refractivity contribution in [1.82, 2.24) is 4.57 Å². The fourth-order valence-electron chi connectivity index (χ4n) is 2.47. The fraction of sp³-hybridized carbons (Fsp3) is 0.118. The van der Waals surface area contributed by atoms with Gasteiger partial charge in [-0.3, -0.25) is 4.79 Å². The molecule has 0 aliphatic carbocycles. The SMILES string of the molecule is COc1ccc(Cn2cc(Cl)c3ccc(S(=O)Cl)cc3c2=O)cc1. The first-order chi connectivity index (χ1) is 11.5. The summed E-state index contributed by atoms with van der Waals surface area (Å²) in [6.07, 6.45) is 1.60. The van der Waals surface area contributed by atoms with E-state index in [4.69, 9.17) is 27.0 Å². The average molecular weight is 382 g/mol. The molecule has 4 nitrogen and oxygen atoms in total. The largest absolute Gasteiger partial charge is 0.497 e. The Morgan fingerprint density at radius 1 is 1.12 bits per heavy atom. The van der Waals surface area contributed by atoms with E-state index in [2.05, 4.69) is 0 Å². The van der Waals surface area contributed by atoms with Gasteiger partial charge in [-0.2, -0.15) is 0 Å². The van der Waals surface area contributed by atoms with Crippen LogP contribution in [-0.2, 0) is 16.6 Å². The maximum atomic E-state index is 12.7. The molecule has 1 unspecified atom stereocenters.